The summed E-state index contributed by atoms with van der Waals surface area (Å²) in [7, 11) is -3.52. The van der Waals surface area contributed by atoms with E-state index in [1.165, 1.54) is 0 Å². The lowest BCUT2D eigenvalue weighted by Crippen LogP contribution is -2.14. The van der Waals surface area contributed by atoms with Crippen molar-refractivity contribution in [3.63, 3.8) is 0 Å². The molecule has 2 aromatic carbocycles. The van der Waals surface area contributed by atoms with E-state index in [4.69, 9.17) is 0 Å². The second-order valence-corrected chi connectivity index (χ2v) is 9.70. The molecule has 34 heavy (non-hydrogen) atoms. The van der Waals surface area contributed by atoms with Gasteiger partial charge in [0.05, 0.1) is 12.1 Å². The Morgan fingerprint density at radius 1 is 1.06 bits per heavy atom. The number of amides is 1. The minimum atomic E-state index is -3.52. The molecule has 2 aromatic heterocycles. The van der Waals surface area contributed by atoms with Crippen LogP contribution in [0.3, 0.4) is 0 Å². The highest BCUT2D eigenvalue weighted by Crippen LogP contribution is 2.21. The van der Waals surface area contributed by atoms with E-state index in [0.29, 0.717) is 41.4 Å². The monoisotopic (exact) mass is 480 g/mol. The molecular formula is C22H24N8O3S. The second kappa shape index (κ2) is 9.91. The molecule has 11 nitrogen and oxygen atoms in total. The SMILES string of the molecule is CCCCc1nnc(S(C)(=O)=O)n1Cc1ccc(NC(=O)c2ccccc2-c2nn[nH]n2)cc1. The average Bonchev–Trinajstić information content (AvgIpc) is 3.49. The molecule has 0 saturated carbocycles. The first-order valence-corrected chi connectivity index (χ1v) is 12.6. The fourth-order valence-electron chi connectivity index (χ4n) is 3.50. The summed E-state index contributed by atoms with van der Waals surface area (Å²) in [6.07, 6.45) is 3.62. The van der Waals surface area contributed by atoms with Crippen molar-refractivity contribution in [1.29, 1.82) is 0 Å². The summed E-state index contributed by atoms with van der Waals surface area (Å²) in [4.78, 5) is 12.9. The first-order valence-electron chi connectivity index (χ1n) is 10.7. The molecule has 0 aliphatic carbocycles. The van der Waals surface area contributed by atoms with Crippen molar-refractivity contribution >= 4 is 21.4 Å². The molecule has 1 amide bonds. The number of tetrazole rings is 1. The van der Waals surface area contributed by atoms with Crippen LogP contribution in [0, 0.1) is 0 Å². The maximum atomic E-state index is 12.9. The number of hydrogen-bond donors (Lipinski definition) is 2. The largest absolute Gasteiger partial charge is 0.322 e. The number of aromatic amines is 1. The molecule has 2 N–H and O–H groups in total. The van der Waals surface area contributed by atoms with E-state index in [0.717, 1.165) is 24.7 Å². The molecule has 4 aromatic rings. The number of nitrogens with one attached hydrogen (secondary N) is 2. The number of rotatable bonds is 9. The van der Waals surface area contributed by atoms with Gasteiger partial charge in [0.25, 0.3) is 5.91 Å². The zero-order valence-corrected chi connectivity index (χ0v) is 19.6. The minimum absolute atomic E-state index is 0.0472. The van der Waals surface area contributed by atoms with Gasteiger partial charge in [0.15, 0.2) is 0 Å². The van der Waals surface area contributed by atoms with Gasteiger partial charge in [0.2, 0.25) is 20.8 Å². The van der Waals surface area contributed by atoms with Crippen LogP contribution in [0.4, 0.5) is 5.69 Å². The highest BCUT2D eigenvalue weighted by atomic mass is 32.2. The maximum Gasteiger partial charge on any atom is 0.256 e. The van der Waals surface area contributed by atoms with Crippen LogP contribution in [0.25, 0.3) is 11.4 Å². The molecule has 0 bridgehead atoms. The Balaban J connectivity index is 1.52. The Bertz CT molecular complexity index is 1380. The lowest BCUT2D eigenvalue weighted by molar-refractivity contribution is 0.102. The van der Waals surface area contributed by atoms with Gasteiger partial charge in [-0.25, -0.2) is 8.42 Å². The van der Waals surface area contributed by atoms with Gasteiger partial charge >= 0.3 is 0 Å². The van der Waals surface area contributed by atoms with Gasteiger partial charge in [-0.15, -0.1) is 20.4 Å². The van der Waals surface area contributed by atoms with Gasteiger partial charge in [0.1, 0.15) is 5.82 Å². The smallest absolute Gasteiger partial charge is 0.256 e. The normalized spacial score (nSPS) is 11.5. The summed E-state index contributed by atoms with van der Waals surface area (Å²) < 4.78 is 26.0. The van der Waals surface area contributed by atoms with Crippen molar-refractivity contribution in [2.45, 2.75) is 37.9 Å². The summed E-state index contributed by atoms with van der Waals surface area (Å²) in [5.74, 6) is 0.654. The quantitative estimate of drug-likeness (QED) is 0.371. The van der Waals surface area contributed by atoms with Crippen molar-refractivity contribution in [2.24, 2.45) is 0 Å². The molecule has 0 aliphatic rings. The third-order valence-electron chi connectivity index (χ3n) is 5.19. The van der Waals surface area contributed by atoms with Crippen LogP contribution in [0.1, 0.15) is 41.5 Å². The number of aromatic nitrogens is 7. The van der Waals surface area contributed by atoms with Gasteiger partial charge < -0.3 is 5.32 Å². The third kappa shape index (κ3) is 5.17. The van der Waals surface area contributed by atoms with Gasteiger partial charge in [-0.05, 0) is 35.4 Å². The number of carbonyl (C=O) groups is 1. The fourth-order valence-corrected chi connectivity index (χ4v) is 4.26. The number of anilines is 1. The highest BCUT2D eigenvalue weighted by Gasteiger charge is 2.21. The predicted molar refractivity (Wildman–Crippen MR) is 125 cm³/mol. The van der Waals surface area contributed by atoms with Crippen molar-refractivity contribution in [2.75, 3.05) is 11.6 Å². The maximum absolute atomic E-state index is 12.9. The molecule has 0 radical (unpaired) electrons. The molecule has 0 unspecified atom stereocenters. The highest BCUT2D eigenvalue weighted by molar-refractivity contribution is 7.90. The number of carbonyl (C=O) groups excluding carboxylic acids is 1. The molecule has 0 atom stereocenters. The summed E-state index contributed by atoms with van der Waals surface area (Å²) in [6.45, 7) is 2.37. The van der Waals surface area contributed by atoms with Crippen molar-refractivity contribution < 1.29 is 13.2 Å². The summed E-state index contributed by atoms with van der Waals surface area (Å²) in [5, 5.41) is 24.7. The van der Waals surface area contributed by atoms with E-state index in [2.05, 4.69) is 43.1 Å². The van der Waals surface area contributed by atoms with Crippen LogP contribution < -0.4 is 5.32 Å². The van der Waals surface area contributed by atoms with Gasteiger partial charge in [-0.1, -0.05) is 43.7 Å². The lowest BCUT2D eigenvalue weighted by atomic mass is 10.1. The van der Waals surface area contributed by atoms with Gasteiger partial charge in [0, 0.05) is 23.9 Å². The van der Waals surface area contributed by atoms with Crippen LogP contribution in [0.15, 0.2) is 53.7 Å². The van der Waals surface area contributed by atoms with E-state index in [1.54, 1.807) is 41.0 Å². The Morgan fingerprint density at radius 2 is 1.82 bits per heavy atom. The zero-order chi connectivity index (χ0) is 24.1. The number of unbranched alkanes of at least 4 members (excludes halogenated alkanes) is 1. The number of hydrogen-bond acceptors (Lipinski definition) is 8. The molecule has 2 heterocycles. The Kier molecular flexibility index (Phi) is 6.77. The lowest BCUT2D eigenvalue weighted by Gasteiger charge is -2.11. The molecule has 0 aliphatic heterocycles. The van der Waals surface area contributed by atoms with Gasteiger partial charge in [-0.3, -0.25) is 9.36 Å². The number of sulfone groups is 1. The van der Waals surface area contributed by atoms with Crippen molar-refractivity contribution in [3.8, 4) is 11.4 Å². The predicted octanol–water partition coefficient (Wildman–Crippen LogP) is 2.50. The van der Waals surface area contributed by atoms with Crippen LogP contribution in [0.2, 0.25) is 0 Å². The van der Waals surface area contributed by atoms with Crippen LogP contribution in [-0.4, -0.2) is 56.0 Å². The molecule has 4 rings (SSSR count). The Morgan fingerprint density at radius 3 is 2.50 bits per heavy atom. The topological polar surface area (TPSA) is 148 Å². The molecule has 12 heteroatoms. The molecule has 0 fully saturated rings. The van der Waals surface area contributed by atoms with E-state index < -0.39 is 9.84 Å². The molecule has 0 spiro atoms. The van der Waals surface area contributed by atoms with E-state index in [-0.39, 0.29) is 11.1 Å². The third-order valence-corrected chi connectivity index (χ3v) is 6.15. The van der Waals surface area contributed by atoms with Gasteiger partial charge in [-0.2, -0.15) is 5.21 Å². The first kappa shape index (κ1) is 23.2. The van der Waals surface area contributed by atoms with E-state index in [1.807, 2.05) is 12.1 Å². The average molecular weight is 481 g/mol. The second-order valence-electron chi connectivity index (χ2n) is 7.79. The number of H-pyrrole nitrogens is 1. The molecule has 176 valence electrons. The Labute approximate surface area is 196 Å². The van der Waals surface area contributed by atoms with Crippen LogP contribution in [0.5, 0.6) is 0 Å². The number of aryl methyl sites for hydroxylation is 1. The van der Waals surface area contributed by atoms with E-state index >= 15 is 0 Å². The van der Waals surface area contributed by atoms with Crippen molar-refractivity contribution in [3.05, 3.63) is 65.5 Å². The number of benzene rings is 2. The molecular weight excluding hydrogens is 456 g/mol. The van der Waals surface area contributed by atoms with Crippen molar-refractivity contribution in [1.82, 2.24) is 35.4 Å². The van der Waals surface area contributed by atoms with E-state index in [9.17, 15) is 13.2 Å². The summed E-state index contributed by atoms with van der Waals surface area (Å²) in [5.41, 5.74) is 2.42. The minimum Gasteiger partial charge on any atom is -0.322 e. The molecule has 0 saturated heterocycles. The number of nitrogens with zero attached hydrogens (tertiary/aromatic N) is 6. The zero-order valence-electron chi connectivity index (χ0n) is 18.8. The standard InChI is InChI=1S/C22H24N8O3S/c1-3-4-9-19-24-27-22(34(2,32)33)30(19)14-15-10-12-16(13-11-15)23-21(31)18-8-6-5-7-17(18)20-25-28-29-26-20/h5-8,10-13H,3-4,9,14H2,1-2H3,(H,23,31)(H,25,26,28,29). The Hall–Kier alpha value is -3.93. The summed E-state index contributed by atoms with van der Waals surface area (Å²) >= 11 is 0. The first-order chi connectivity index (χ1) is 16.4. The van der Waals surface area contributed by atoms with Crippen LogP contribution >= 0.6 is 0 Å². The fraction of sp³-hybridized carbons (Fsp3) is 0.273. The summed E-state index contributed by atoms with van der Waals surface area (Å²) in [6, 6.07) is 14.2. The van der Waals surface area contributed by atoms with Crippen LogP contribution in [-0.2, 0) is 22.8 Å².